The molecule has 2 aromatic heterocycles. The van der Waals surface area contributed by atoms with E-state index in [2.05, 4.69) is 15.3 Å². The second-order valence-electron chi connectivity index (χ2n) is 7.06. The number of ether oxygens (including phenoxy) is 1. The molecule has 32 heavy (non-hydrogen) atoms. The molecule has 0 saturated heterocycles. The van der Waals surface area contributed by atoms with Gasteiger partial charge in [-0.1, -0.05) is 35.2 Å². The lowest BCUT2D eigenvalue weighted by molar-refractivity contribution is -0.113. The number of methoxy groups -OCH3 is 1. The van der Waals surface area contributed by atoms with Gasteiger partial charge in [-0.15, -0.1) is 0 Å². The summed E-state index contributed by atoms with van der Waals surface area (Å²) in [7, 11) is 1.59. The second kappa shape index (κ2) is 9.27. The number of hydrogen-bond acceptors (Lipinski definition) is 7. The predicted octanol–water partition coefficient (Wildman–Crippen LogP) is 4.86. The first-order valence-corrected chi connectivity index (χ1v) is 11.9. The van der Waals surface area contributed by atoms with Crippen molar-refractivity contribution in [2.24, 2.45) is 0 Å². The average Bonchev–Trinajstić information content (AvgIpc) is 3.11. The highest BCUT2D eigenvalue weighted by molar-refractivity contribution is 7.99. The van der Waals surface area contributed by atoms with Crippen LogP contribution in [0.5, 0.6) is 5.75 Å². The van der Waals surface area contributed by atoms with Gasteiger partial charge in [0.15, 0.2) is 14.8 Å². The molecule has 2 aromatic carbocycles. The fourth-order valence-electron chi connectivity index (χ4n) is 3.09. The summed E-state index contributed by atoms with van der Waals surface area (Å²) in [5.74, 6) is 0.591. The number of nitrogens with zero attached hydrogens (tertiary/aromatic N) is 2. The first kappa shape index (κ1) is 22.3. The molecule has 0 aliphatic carbocycles. The average molecular weight is 485 g/mol. The van der Waals surface area contributed by atoms with Crippen molar-refractivity contribution in [3.63, 3.8) is 0 Å². The number of carbonyl (C=O) groups excluding carboxylic acids is 1. The Kier molecular flexibility index (Phi) is 6.45. The summed E-state index contributed by atoms with van der Waals surface area (Å²) in [5, 5.41) is 3.22. The normalized spacial score (nSPS) is 11.0. The molecule has 2 N–H and O–H groups in total. The highest BCUT2D eigenvalue weighted by atomic mass is 32.2. The molecule has 2 heterocycles. The molecule has 0 fully saturated rings. The molecule has 0 atom stereocenters. The van der Waals surface area contributed by atoms with Gasteiger partial charge >= 0.3 is 0 Å². The number of hydrogen-bond donors (Lipinski definition) is 2. The lowest BCUT2D eigenvalue weighted by atomic mass is 10.1. The number of benzene rings is 2. The molecule has 0 aliphatic heterocycles. The molecular formula is C22H20N4O3S3. The first-order valence-electron chi connectivity index (χ1n) is 9.66. The summed E-state index contributed by atoms with van der Waals surface area (Å²) in [6.45, 7) is 4.01. The van der Waals surface area contributed by atoms with Crippen LogP contribution in [-0.4, -0.2) is 33.3 Å². The van der Waals surface area contributed by atoms with Crippen molar-refractivity contribution in [3.05, 3.63) is 67.9 Å². The Labute approximate surface area is 197 Å². The van der Waals surface area contributed by atoms with Crippen molar-refractivity contribution >= 4 is 57.3 Å². The molecular weight excluding hydrogens is 464 g/mol. The van der Waals surface area contributed by atoms with Crippen LogP contribution in [0, 0.1) is 17.8 Å². The number of fused-ring (bicyclic) bond motifs is 1. The summed E-state index contributed by atoms with van der Waals surface area (Å²) in [4.78, 5) is 32.4. The van der Waals surface area contributed by atoms with Gasteiger partial charge in [0.05, 0.1) is 18.6 Å². The van der Waals surface area contributed by atoms with Crippen molar-refractivity contribution in [3.8, 4) is 11.4 Å². The summed E-state index contributed by atoms with van der Waals surface area (Å²) < 4.78 is 7.97. The van der Waals surface area contributed by atoms with Crippen LogP contribution in [0.1, 0.15) is 11.1 Å². The molecule has 0 aliphatic rings. The van der Waals surface area contributed by atoms with Crippen molar-refractivity contribution in [2.75, 3.05) is 18.2 Å². The van der Waals surface area contributed by atoms with Crippen LogP contribution < -0.4 is 15.6 Å². The van der Waals surface area contributed by atoms with E-state index >= 15 is 0 Å². The summed E-state index contributed by atoms with van der Waals surface area (Å²) in [5.41, 5.74) is 3.92. The third-order valence-corrected chi connectivity index (χ3v) is 7.10. The Morgan fingerprint density at radius 3 is 2.81 bits per heavy atom. The maximum atomic E-state index is 12.6. The zero-order valence-electron chi connectivity index (χ0n) is 17.6. The number of aromatic nitrogens is 3. The van der Waals surface area contributed by atoms with Gasteiger partial charge in [0, 0.05) is 11.8 Å². The Balaban J connectivity index is 1.59. The fourth-order valence-corrected chi connectivity index (χ4v) is 5.02. The van der Waals surface area contributed by atoms with Crippen LogP contribution in [0.2, 0.25) is 0 Å². The van der Waals surface area contributed by atoms with Crippen LogP contribution in [0.4, 0.5) is 5.69 Å². The summed E-state index contributed by atoms with van der Waals surface area (Å²) in [6, 6.07) is 13.1. The standard InChI is InChI=1S/C22H20N4O3S3/c1-12-7-8-14(9-13(12)2)23-17(27)11-31-21-24-19-18(20(28)25-21)32-22(30)26(19)15-5-4-6-16(10-15)29-3/h4-10H,11H2,1-3H3,(H,23,27)(H,24,25,28). The van der Waals surface area contributed by atoms with Gasteiger partial charge in [-0.3, -0.25) is 14.2 Å². The molecule has 0 radical (unpaired) electrons. The van der Waals surface area contributed by atoms with Crippen LogP contribution in [0.15, 0.2) is 52.4 Å². The van der Waals surface area contributed by atoms with Gasteiger partial charge in [-0.05, 0) is 61.5 Å². The van der Waals surface area contributed by atoms with E-state index in [0.717, 1.165) is 34.3 Å². The van der Waals surface area contributed by atoms with E-state index in [1.807, 2.05) is 56.3 Å². The van der Waals surface area contributed by atoms with E-state index in [0.29, 0.717) is 25.2 Å². The quantitative estimate of drug-likeness (QED) is 0.231. The molecule has 10 heteroatoms. The summed E-state index contributed by atoms with van der Waals surface area (Å²) in [6.07, 6.45) is 0. The monoisotopic (exact) mass is 484 g/mol. The third kappa shape index (κ3) is 4.62. The van der Waals surface area contributed by atoms with Crippen LogP contribution in [-0.2, 0) is 4.79 Å². The van der Waals surface area contributed by atoms with Gasteiger partial charge in [0.25, 0.3) is 5.56 Å². The molecule has 0 bridgehead atoms. The van der Waals surface area contributed by atoms with E-state index < -0.39 is 0 Å². The Morgan fingerprint density at radius 2 is 2.06 bits per heavy atom. The van der Waals surface area contributed by atoms with E-state index in [9.17, 15) is 9.59 Å². The second-order valence-corrected chi connectivity index (χ2v) is 9.67. The highest BCUT2D eigenvalue weighted by Crippen LogP contribution is 2.26. The predicted molar refractivity (Wildman–Crippen MR) is 132 cm³/mol. The largest absolute Gasteiger partial charge is 0.497 e. The lowest BCUT2D eigenvalue weighted by Gasteiger charge is -2.08. The Hall–Kier alpha value is -2.95. The number of amides is 1. The molecule has 0 unspecified atom stereocenters. The van der Waals surface area contributed by atoms with E-state index in [4.69, 9.17) is 17.0 Å². The third-order valence-electron chi connectivity index (χ3n) is 4.86. The number of thiazole rings is 1. The van der Waals surface area contributed by atoms with E-state index in [1.54, 1.807) is 11.7 Å². The van der Waals surface area contributed by atoms with Crippen molar-refractivity contribution in [1.29, 1.82) is 0 Å². The molecule has 4 aromatic rings. The lowest BCUT2D eigenvalue weighted by Crippen LogP contribution is -2.15. The number of thioether (sulfide) groups is 1. The first-order chi connectivity index (χ1) is 15.4. The van der Waals surface area contributed by atoms with Crippen molar-refractivity contribution < 1.29 is 9.53 Å². The van der Waals surface area contributed by atoms with Crippen molar-refractivity contribution in [2.45, 2.75) is 19.0 Å². The number of carbonyl (C=O) groups is 1. The minimum atomic E-state index is -0.287. The van der Waals surface area contributed by atoms with E-state index in [-0.39, 0.29) is 17.2 Å². The number of nitrogens with one attached hydrogen (secondary N) is 2. The number of aromatic amines is 1. The maximum absolute atomic E-state index is 12.6. The maximum Gasteiger partial charge on any atom is 0.271 e. The molecule has 4 rings (SSSR count). The highest BCUT2D eigenvalue weighted by Gasteiger charge is 2.15. The number of H-pyrrole nitrogens is 1. The molecule has 0 spiro atoms. The zero-order valence-corrected chi connectivity index (χ0v) is 20.0. The molecule has 0 saturated carbocycles. The van der Waals surface area contributed by atoms with Gasteiger partial charge in [0.1, 0.15) is 10.4 Å². The molecule has 164 valence electrons. The fraction of sp³-hybridized carbons (Fsp3) is 0.182. The van der Waals surface area contributed by atoms with Gasteiger partial charge in [-0.25, -0.2) is 4.98 Å². The van der Waals surface area contributed by atoms with Crippen LogP contribution in [0.25, 0.3) is 16.0 Å². The number of anilines is 1. The van der Waals surface area contributed by atoms with Gasteiger partial charge in [0.2, 0.25) is 5.91 Å². The van der Waals surface area contributed by atoms with E-state index in [1.165, 1.54) is 11.3 Å². The smallest absolute Gasteiger partial charge is 0.271 e. The van der Waals surface area contributed by atoms with Crippen molar-refractivity contribution in [1.82, 2.24) is 14.5 Å². The SMILES string of the molecule is COc1cccc(-n2c(=S)sc3c(=O)[nH]c(SCC(=O)Nc4ccc(C)c(C)c4)nc32)c1. The Morgan fingerprint density at radius 1 is 1.25 bits per heavy atom. The summed E-state index contributed by atoms with van der Waals surface area (Å²) >= 11 is 7.85. The van der Waals surface area contributed by atoms with Gasteiger partial charge in [-0.2, -0.15) is 0 Å². The zero-order chi connectivity index (χ0) is 22.8. The number of rotatable bonds is 6. The van der Waals surface area contributed by atoms with Crippen LogP contribution >= 0.6 is 35.3 Å². The Bertz CT molecular complexity index is 1440. The molecule has 7 nitrogen and oxygen atoms in total. The molecule has 1 amide bonds. The van der Waals surface area contributed by atoms with Gasteiger partial charge < -0.3 is 15.0 Å². The minimum Gasteiger partial charge on any atom is -0.497 e. The number of aryl methyl sites for hydroxylation is 2. The van der Waals surface area contributed by atoms with Crippen LogP contribution in [0.3, 0.4) is 0 Å². The minimum absolute atomic E-state index is 0.103. The topological polar surface area (TPSA) is 89.0 Å².